The van der Waals surface area contributed by atoms with Gasteiger partial charge in [0.25, 0.3) is 10.0 Å². The number of sulfonamides is 1. The van der Waals surface area contributed by atoms with E-state index in [1.165, 1.54) is 18.5 Å². The van der Waals surface area contributed by atoms with Crippen LogP contribution in [0.25, 0.3) is 11.1 Å². The Bertz CT molecular complexity index is 980. The number of oxazole rings is 1. The summed E-state index contributed by atoms with van der Waals surface area (Å²) in [6.07, 6.45) is 1.27. The summed E-state index contributed by atoms with van der Waals surface area (Å²) in [5.74, 6) is 1.12. The van der Waals surface area contributed by atoms with Gasteiger partial charge < -0.3 is 13.9 Å². The number of aromatic nitrogens is 1. The molecule has 3 aromatic rings. The lowest BCUT2D eigenvalue weighted by atomic mass is 10.3. The summed E-state index contributed by atoms with van der Waals surface area (Å²) in [5, 5.41) is 0. The van der Waals surface area contributed by atoms with E-state index in [1.807, 2.05) is 0 Å². The molecule has 7 nitrogen and oxygen atoms in total. The summed E-state index contributed by atoms with van der Waals surface area (Å²) < 4.78 is 43.5. The maximum Gasteiger partial charge on any atom is 0.262 e. The third-order valence-electron chi connectivity index (χ3n) is 3.41. The van der Waals surface area contributed by atoms with Crippen LogP contribution in [-0.4, -0.2) is 26.6 Å². The smallest absolute Gasteiger partial charge is 0.262 e. The van der Waals surface area contributed by atoms with Crippen molar-refractivity contribution in [3.05, 3.63) is 42.8 Å². The minimum Gasteiger partial charge on any atom is -0.486 e. The fourth-order valence-corrected chi connectivity index (χ4v) is 3.39. The Balaban J connectivity index is 1.66. The molecule has 1 N–H and O–H groups in total. The largest absolute Gasteiger partial charge is 0.486 e. The van der Waals surface area contributed by atoms with Gasteiger partial charge in [-0.05, 0) is 24.3 Å². The molecule has 0 saturated heterocycles. The molecule has 0 aliphatic carbocycles. The van der Waals surface area contributed by atoms with E-state index in [0.717, 1.165) is 0 Å². The van der Waals surface area contributed by atoms with E-state index in [9.17, 15) is 8.42 Å². The average Bonchev–Trinajstić information content (AvgIpc) is 3.02. The minimum atomic E-state index is -3.74. The third kappa shape index (κ3) is 2.57. The molecule has 1 aromatic heterocycles. The molecule has 0 amide bonds. The predicted molar refractivity (Wildman–Crippen MR) is 82.2 cm³/mol. The number of nitrogens with zero attached hydrogens (tertiary/aromatic N) is 1. The molecule has 1 aliphatic heterocycles. The summed E-state index contributed by atoms with van der Waals surface area (Å²) in [7, 11) is -3.74. The van der Waals surface area contributed by atoms with Crippen LogP contribution in [0.5, 0.6) is 11.5 Å². The predicted octanol–water partition coefficient (Wildman–Crippen LogP) is 2.40. The number of anilines is 1. The fraction of sp³-hybridized carbons (Fsp3) is 0.133. The maximum absolute atomic E-state index is 12.5. The zero-order valence-electron chi connectivity index (χ0n) is 11.9. The van der Waals surface area contributed by atoms with Crippen molar-refractivity contribution in [2.75, 3.05) is 17.9 Å². The van der Waals surface area contributed by atoms with Crippen LogP contribution in [0, 0.1) is 0 Å². The second-order valence-electron chi connectivity index (χ2n) is 4.95. The molecule has 0 saturated carbocycles. The standard InChI is InChI=1S/C15H12N2O5S/c18-23(19,11-2-3-12-14(8-11)22-9-16-12)17-10-1-4-13-15(7-10)21-6-5-20-13/h1-4,7-9,17H,5-6H2. The van der Waals surface area contributed by atoms with E-state index in [-0.39, 0.29) is 4.90 Å². The van der Waals surface area contributed by atoms with Crippen LogP contribution in [0.15, 0.2) is 52.1 Å². The van der Waals surface area contributed by atoms with Crippen molar-refractivity contribution < 1.29 is 22.3 Å². The highest BCUT2D eigenvalue weighted by atomic mass is 32.2. The lowest BCUT2D eigenvalue weighted by molar-refractivity contribution is 0.171. The minimum absolute atomic E-state index is 0.0941. The zero-order chi connectivity index (χ0) is 15.9. The maximum atomic E-state index is 12.5. The Morgan fingerprint density at radius 3 is 2.70 bits per heavy atom. The van der Waals surface area contributed by atoms with Crippen LogP contribution >= 0.6 is 0 Å². The number of fused-ring (bicyclic) bond motifs is 2. The molecule has 0 unspecified atom stereocenters. The van der Waals surface area contributed by atoms with E-state index >= 15 is 0 Å². The Kier molecular flexibility index (Phi) is 3.12. The molecule has 2 aromatic carbocycles. The Morgan fingerprint density at radius 2 is 1.83 bits per heavy atom. The molecule has 0 atom stereocenters. The zero-order valence-corrected chi connectivity index (χ0v) is 12.7. The van der Waals surface area contributed by atoms with Crippen LogP contribution in [0.2, 0.25) is 0 Å². The average molecular weight is 332 g/mol. The summed E-state index contributed by atoms with van der Waals surface area (Å²) in [6.45, 7) is 0.917. The highest BCUT2D eigenvalue weighted by Crippen LogP contribution is 2.33. The van der Waals surface area contributed by atoms with Gasteiger partial charge in [0.05, 0.1) is 10.6 Å². The lowest BCUT2D eigenvalue weighted by Gasteiger charge is -2.19. The van der Waals surface area contributed by atoms with Crippen LogP contribution in [0.3, 0.4) is 0 Å². The molecule has 8 heteroatoms. The first kappa shape index (κ1) is 13.9. The second-order valence-corrected chi connectivity index (χ2v) is 6.63. The van der Waals surface area contributed by atoms with Crippen molar-refractivity contribution >= 4 is 26.8 Å². The van der Waals surface area contributed by atoms with Crippen LogP contribution in [-0.2, 0) is 10.0 Å². The second kappa shape index (κ2) is 5.17. The summed E-state index contributed by atoms with van der Waals surface area (Å²) >= 11 is 0. The molecule has 23 heavy (non-hydrogen) atoms. The Labute approximate surface area is 131 Å². The molecule has 4 rings (SSSR count). The van der Waals surface area contributed by atoms with Gasteiger partial charge in [0.15, 0.2) is 23.5 Å². The quantitative estimate of drug-likeness (QED) is 0.792. The van der Waals surface area contributed by atoms with Gasteiger partial charge in [-0.3, -0.25) is 4.72 Å². The van der Waals surface area contributed by atoms with Gasteiger partial charge in [-0.1, -0.05) is 0 Å². The van der Waals surface area contributed by atoms with E-state index < -0.39 is 10.0 Å². The molecule has 1 aliphatic rings. The topological polar surface area (TPSA) is 90.7 Å². The Hall–Kier alpha value is -2.74. The number of benzene rings is 2. The van der Waals surface area contributed by atoms with Crippen molar-refractivity contribution in [3.63, 3.8) is 0 Å². The number of rotatable bonds is 3. The SMILES string of the molecule is O=S(=O)(Nc1ccc2c(c1)OCCO2)c1ccc2ncoc2c1. The van der Waals surface area contributed by atoms with E-state index in [1.54, 1.807) is 24.3 Å². The molecule has 0 fully saturated rings. The van der Waals surface area contributed by atoms with E-state index in [4.69, 9.17) is 13.9 Å². The lowest BCUT2D eigenvalue weighted by Crippen LogP contribution is -2.16. The molecule has 0 bridgehead atoms. The molecule has 2 heterocycles. The van der Waals surface area contributed by atoms with Crippen LogP contribution in [0.4, 0.5) is 5.69 Å². The van der Waals surface area contributed by atoms with Crippen molar-refractivity contribution in [3.8, 4) is 11.5 Å². The van der Waals surface area contributed by atoms with Crippen LogP contribution in [0.1, 0.15) is 0 Å². The normalized spacial score (nSPS) is 13.9. The summed E-state index contributed by atoms with van der Waals surface area (Å²) in [5.41, 5.74) is 1.41. The van der Waals surface area contributed by atoms with Gasteiger partial charge in [0.2, 0.25) is 0 Å². The van der Waals surface area contributed by atoms with Crippen molar-refractivity contribution in [2.45, 2.75) is 4.90 Å². The third-order valence-corrected chi connectivity index (χ3v) is 4.79. The van der Waals surface area contributed by atoms with Crippen molar-refractivity contribution in [1.82, 2.24) is 4.98 Å². The van der Waals surface area contributed by atoms with Gasteiger partial charge in [0, 0.05) is 12.1 Å². The molecular formula is C15H12N2O5S. The fourth-order valence-electron chi connectivity index (χ4n) is 2.32. The number of ether oxygens (including phenoxy) is 2. The summed E-state index contributed by atoms with van der Waals surface area (Å²) in [4.78, 5) is 4.06. The van der Waals surface area contributed by atoms with E-state index in [0.29, 0.717) is 41.5 Å². The molecular weight excluding hydrogens is 320 g/mol. The number of hydrogen-bond donors (Lipinski definition) is 1. The number of nitrogens with one attached hydrogen (secondary N) is 1. The van der Waals surface area contributed by atoms with Gasteiger partial charge >= 0.3 is 0 Å². The van der Waals surface area contributed by atoms with Crippen LogP contribution < -0.4 is 14.2 Å². The monoisotopic (exact) mass is 332 g/mol. The molecule has 0 radical (unpaired) electrons. The van der Waals surface area contributed by atoms with Gasteiger partial charge in [-0.25, -0.2) is 13.4 Å². The van der Waals surface area contributed by atoms with Gasteiger partial charge in [0.1, 0.15) is 18.7 Å². The van der Waals surface area contributed by atoms with Gasteiger partial charge in [-0.15, -0.1) is 0 Å². The van der Waals surface area contributed by atoms with Gasteiger partial charge in [-0.2, -0.15) is 0 Å². The van der Waals surface area contributed by atoms with Crippen molar-refractivity contribution in [2.24, 2.45) is 0 Å². The first-order valence-electron chi connectivity index (χ1n) is 6.87. The summed E-state index contributed by atoms with van der Waals surface area (Å²) in [6, 6.07) is 9.40. The molecule has 118 valence electrons. The van der Waals surface area contributed by atoms with Crippen molar-refractivity contribution in [1.29, 1.82) is 0 Å². The highest BCUT2D eigenvalue weighted by Gasteiger charge is 2.18. The number of hydrogen-bond acceptors (Lipinski definition) is 6. The molecule has 0 spiro atoms. The van der Waals surface area contributed by atoms with E-state index in [2.05, 4.69) is 9.71 Å². The first-order chi connectivity index (χ1) is 11.1. The Morgan fingerprint density at radius 1 is 1.00 bits per heavy atom. The first-order valence-corrected chi connectivity index (χ1v) is 8.36. The highest BCUT2D eigenvalue weighted by molar-refractivity contribution is 7.92.